The molecule has 3 rings (SSSR count). The maximum Gasteiger partial charge on any atom is 0.230 e. The second-order valence-electron chi connectivity index (χ2n) is 4.26. The zero-order valence-corrected chi connectivity index (χ0v) is 9.14. The van der Waals surface area contributed by atoms with Crippen LogP contribution in [0.3, 0.4) is 0 Å². The van der Waals surface area contributed by atoms with Crippen LogP contribution in [0, 0.1) is 0 Å². The minimum Gasteiger partial charge on any atom is -0.331 e. The second kappa shape index (κ2) is 3.69. The van der Waals surface area contributed by atoms with Crippen molar-refractivity contribution in [2.24, 2.45) is 0 Å². The van der Waals surface area contributed by atoms with E-state index >= 15 is 0 Å². The van der Waals surface area contributed by atoms with Gasteiger partial charge < -0.3 is 4.90 Å². The molecule has 0 atom stereocenters. The average molecular weight is 229 g/mol. The van der Waals surface area contributed by atoms with E-state index in [0.29, 0.717) is 6.54 Å². The monoisotopic (exact) mass is 229 g/mol. The average Bonchev–Trinajstić information content (AvgIpc) is 2.85. The van der Waals surface area contributed by atoms with Crippen molar-refractivity contribution in [3.63, 3.8) is 0 Å². The van der Waals surface area contributed by atoms with Crippen molar-refractivity contribution in [3.05, 3.63) is 30.0 Å². The predicted molar refractivity (Wildman–Crippen MR) is 61.1 cm³/mol. The number of amides is 1. The largest absolute Gasteiger partial charge is 0.331 e. The molecule has 1 amide bonds. The standard InChI is InChI=1S/C12H11N3O2/c16-10-4-12(17)15(7-10)6-8-1-2-9-5-13-14-11(9)3-8/h1-3,5H,4,6-7H2,(H,13,14). The van der Waals surface area contributed by atoms with Gasteiger partial charge in [0.2, 0.25) is 5.91 Å². The summed E-state index contributed by atoms with van der Waals surface area (Å²) in [5.41, 5.74) is 1.95. The minimum absolute atomic E-state index is 0.00221. The van der Waals surface area contributed by atoms with E-state index in [0.717, 1.165) is 16.5 Å². The molecular formula is C12H11N3O2. The first-order valence-corrected chi connectivity index (χ1v) is 5.44. The molecule has 1 aliphatic heterocycles. The van der Waals surface area contributed by atoms with Gasteiger partial charge in [-0.1, -0.05) is 12.1 Å². The fourth-order valence-corrected chi connectivity index (χ4v) is 2.08. The molecule has 17 heavy (non-hydrogen) atoms. The molecule has 1 N–H and O–H groups in total. The van der Waals surface area contributed by atoms with Crippen LogP contribution in [0.4, 0.5) is 0 Å². The summed E-state index contributed by atoms with van der Waals surface area (Å²) in [5, 5.41) is 7.87. The molecule has 5 heteroatoms. The minimum atomic E-state index is -0.0836. The molecule has 1 aromatic heterocycles. The lowest BCUT2D eigenvalue weighted by molar-refractivity contribution is -0.128. The number of aromatic amines is 1. The summed E-state index contributed by atoms with van der Waals surface area (Å²) >= 11 is 0. The number of hydrogen-bond donors (Lipinski definition) is 1. The number of carbonyl (C=O) groups excluding carboxylic acids is 2. The first-order valence-electron chi connectivity index (χ1n) is 5.44. The van der Waals surface area contributed by atoms with Crippen LogP contribution in [0.5, 0.6) is 0 Å². The van der Waals surface area contributed by atoms with Gasteiger partial charge in [-0.25, -0.2) is 0 Å². The lowest BCUT2D eigenvalue weighted by Crippen LogP contribution is -2.24. The van der Waals surface area contributed by atoms with Crippen molar-refractivity contribution in [3.8, 4) is 0 Å². The number of benzene rings is 1. The number of H-pyrrole nitrogens is 1. The Morgan fingerprint density at radius 1 is 1.35 bits per heavy atom. The van der Waals surface area contributed by atoms with E-state index in [9.17, 15) is 9.59 Å². The van der Waals surface area contributed by atoms with Gasteiger partial charge in [0.25, 0.3) is 0 Å². The Balaban J connectivity index is 1.84. The summed E-state index contributed by atoms with van der Waals surface area (Å²) in [5.74, 6) is -0.0858. The molecule has 1 fully saturated rings. The summed E-state index contributed by atoms with van der Waals surface area (Å²) in [6.07, 6.45) is 1.80. The third kappa shape index (κ3) is 1.80. The first kappa shape index (κ1) is 10.0. The highest BCUT2D eigenvalue weighted by atomic mass is 16.2. The van der Waals surface area contributed by atoms with Gasteiger partial charge >= 0.3 is 0 Å². The molecule has 0 bridgehead atoms. The lowest BCUT2D eigenvalue weighted by atomic mass is 10.1. The number of nitrogens with one attached hydrogen (secondary N) is 1. The summed E-state index contributed by atoms with van der Waals surface area (Å²) < 4.78 is 0. The molecule has 0 spiro atoms. The van der Waals surface area contributed by atoms with Gasteiger partial charge in [0.05, 0.1) is 24.7 Å². The third-order valence-corrected chi connectivity index (χ3v) is 2.95. The molecule has 0 aliphatic carbocycles. The third-order valence-electron chi connectivity index (χ3n) is 2.95. The maximum atomic E-state index is 11.5. The summed E-state index contributed by atoms with van der Waals surface area (Å²) in [4.78, 5) is 24.2. The van der Waals surface area contributed by atoms with Gasteiger partial charge in [-0.05, 0) is 11.6 Å². The Morgan fingerprint density at radius 3 is 3.00 bits per heavy atom. The number of ketones is 1. The number of fused-ring (bicyclic) bond motifs is 1. The van der Waals surface area contributed by atoms with E-state index < -0.39 is 0 Å². The molecule has 86 valence electrons. The van der Waals surface area contributed by atoms with Gasteiger partial charge in [0.1, 0.15) is 0 Å². The summed E-state index contributed by atoms with van der Waals surface area (Å²) in [6.45, 7) is 0.722. The topological polar surface area (TPSA) is 66.1 Å². The number of Topliss-reactive ketones (excluding diaryl/α,β-unsaturated/α-hetero) is 1. The quantitative estimate of drug-likeness (QED) is 0.777. The highest BCUT2D eigenvalue weighted by molar-refractivity contribution is 6.05. The number of carbonyl (C=O) groups is 2. The van der Waals surface area contributed by atoms with Crippen LogP contribution >= 0.6 is 0 Å². The smallest absolute Gasteiger partial charge is 0.230 e. The summed E-state index contributed by atoms with van der Waals surface area (Å²) in [6, 6.07) is 5.86. The van der Waals surface area contributed by atoms with Crippen LogP contribution in [0.2, 0.25) is 0 Å². The van der Waals surface area contributed by atoms with Crippen LogP contribution < -0.4 is 0 Å². The Kier molecular flexibility index (Phi) is 2.18. The summed E-state index contributed by atoms with van der Waals surface area (Å²) in [7, 11) is 0. The van der Waals surface area contributed by atoms with E-state index in [4.69, 9.17) is 0 Å². The second-order valence-corrected chi connectivity index (χ2v) is 4.26. The Morgan fingerprint density at radius 2 is 2.24 bits per heavy atom. The number of likely N-dealkylation sites (tertiary alicyclic amines) is 1. The number of nitrogens with zero attached hydrogens (tertiary/aromatic N) is 2. The molecule has 1 aliphatic rings. The molecule has 0 unspecified atom stereocenters. The van der Waals surface area contributed by atoms with Gasteiger partial charge in [0, 0.05) is 11.9 Å². The van der Waals surface area contributed by atoms with Gasteiger partial charge in [-0.15, -0.1) is 0 Å². The van der Waals surface area contributed by atoms with Crippen molar-refractivity contribution < 1.29 is 9.59 Å². The first-order chi connectivity index (χ1) is 8.22. The van der Waals surface area contributed by atoms with Gasteiger partial charge in [0.15, 0.2) is 5.78 Å². The molecule has 1 saturated heterocycles. The number of hydrogen-bond acceptors (Lipinski definition) is 3. The van der Waals surface area contributed by atoms with Crippen LogP contribution in [0.15, 0.2) is 24.4 Å². The van der Waals surface area contributed by atoms with Crippen LogP contribution in [0.25, 0.3) is 10.9 Å². The highest BCUT2D eigenvalue weighted by Gasteiger charge is 2.27. The SMILES string of the molecule is O=C1CC(=O)N(Cc2ccc3cn[nH]c3c2)C1. The Labute approximate surface area is 97.4 Å². The molecule has 1 aromatic carbocycles. The molecule has 0 saturated carbocycles. The van der Waals surface area contributed by atoms with Crippen molar-refractivity contribution in [1.82, 2.24) is 15.1 Å². The van der Waals surface area contributed by atoms with Crippen molar-refractivity contribution in [2.75, 3.05) is 6.54 Å². The predicted octanol–water partition coefficient (Wildman–Crippen LogP) is 0.864. The van der Waals surface area contributed by atoms with Crippen LogP contribution in [-0.2, 0) is 16.1 Å². The maximum absolute atomic E-state index is 11.5. The van der Waals surface area contributed by atoms with Crippen molar-refractivity contribution in [2.45, 2.75) is 13.0 Å². The molecule has 2 aromatic rings. The zero-order valence-electron chi connectivity index (χ0n) is 9.14. The van der Waals surface area contributed by atoms with Crippen molar-refractivity contribution in [1.29, 1.82) is 0 Å². The van der Waals surface area contributed by atoms with E-state index in [-0.39, 0.29) is 24.7 Å². The number of rotatable bonds is 2. The normalized spacial score (nSPS) is 16.1. The van der Waals surface area contributed by atoms with Gasteiger partial charge in [-0.2, -0.15) is 5.10 Å². The Bertz CT molecular complexity index is 603. The fraction of sp³-hybridized carbons (Fsp3) is 0.250. The van der Waals surface area contributed by atoms with Crippen molar-refractivity contribution >= 4 is 22.6 Å². The van der Waals surface area contributed by atoms with E-state index in [1.807, 2.05) is 18.2 Å². The number of aromatic nitrogens is 2. The Hall–Kier alpha value is -2.17. The lowest BCUT2D eigenvalue weighted by Gasteiger charge is -2.14. The van der Waals surface area contributed by atoms with E-state index in [1.165, 1.54) is 0 Å². The molecule has 0 radical (unpaired) electrons. The van der Waals surface area contributed by atoms with E-state index in [1.54, 1.807) is 11.1 Å². The highest BCUT2D eigenvalue weighted by Crippen LogP contribution is 2.16. The zero-order chi connectivity index (χ0) is 11.8. The van der Waals surface area contributed by atoms with E-state index in [2.05, 4.69) is 10.2 Å². The molecule has 5 nitrogen and oxygen atoms in total. The fourth-order valence-electron chi connectivity index (χ4n) is 2.08. The van der Waals surface area contributed by atoms with Crippen LogP contribution in [-0.4, -0.2) is 33.3 Å². The van der Waals surface area contributed by atoms with Crippen LogP contribution in [0.1, 0.15) is 12.0 Å². The molecular weight excluding hydrogens is 218 g/mol. The van der Waals surface area contributed by atoms with Gasteiger partial charge in [-0.3, -0.25) is 14.7 Å². The molecule has 2 heterocycles.